The standard InChI is InChI=1S/C15H14FN3O3S/c1-22-13(20)8-12-14(21)18-15(23-12)19-17-9-11-5-3-2-4-10(11)6-7-16/h2-5,8-9H,6-7H2,1H3,(H,18,19,21)/b12-8+,17-9?. The van der Waals surface area contributed by atoms with Crippen LogP contribution in [0, 0.1) is 0 Å². The van der Waals surface area contributed by atoms with E-state index in [1.807, 2.05) is 18.2 Å². The zero-order chi connectivity index (χ0) is 16.7. The summed E-state index contributed by atoms with van der Waals surface area (Å²) in [6.07, 6.45) is 2.88. The number of thioether (sulfide) groups is 1. The van der Waals surface area contributed by atoms with Gasteiger partial charge < -0.3 is 4.74 Å². The first-order valence-electron chi connectivity index (χ1n) is 6.67. The number of nitrogens with zero attached hydrogens (tertiary/aromatic N) is 2. The van der Waals surface area contributed by atoms with Crippen molar-refractivity contribution in [3.63, 3.8) is 0 Å². The number of alkyl halides is 1. The fourth-order valence-electron chi connectivity index (χ4n) is 1.77. The maximum absolute atomic E-state index is 12.5. The van der Waals surface area contributed by atoms with Crippen molar-refractivity contribution in [3.8, 4) is 0 Å². The van der Waals surface area contributed by atoms with Crippen molar-refractivity contribution in [3.05, 3.63) is 46.4 Å². The number of esters is 1. The van der Waals surface area contributed by atoms with E-state index in [4.69, 9.17) is 0 Å². The van der Waals surface area contributed by atoms with Crippen LogP contribution in [-0.2, 0) is 20.7 Å². The van der Waals surface area contributed by atoms with Gasteiger partial charge in [-0.2, -0.15) is 5.10 Å². The second kappa shape index (κ2) is 8.23. The Bertz CT molecular complexity index is 701. The number of benzene rings is 1. The van der Waals surface area contributed by atoms with Gasteiger partial charge in [-0.05, 0) is 22.9 Å². The van der Waals surface area contributed by atoms with E-state index in [0.717, 1.165) is 29.0 Å². The summed E-state index contributed by atoms with van der Waals surface area (Å²) in [5.41, 5.74) is 1.59. The molecule has 0 radical (unpaired) electrons. The Morgan fingerprint density at radius 1 is 1.43 bits per heavy atom. The number of carbonyl (C=O) groups is 2. The van der Waals surface area contributed by atoms with Gasteiger partial charge in [0, 0.05) is 12.5 Å². The minimum Gasteiger partial charge on any atom is -0.466 e. The second-order valence-electron chi connectivity index (χ2n) is 4.38. The molecule has 0 bridgehead atoms. The number of hydrogen-bond acceptors (Lipinski definition) is 6. The monoisotopic (exact) mass is 335 g/mol. The number of hydrogen-bond donors (Lipinski definition) is 1. The smallest absolute Gasteiger partial charge is 0.331 e. The number of carbonyl (C=O) groups excluding carboxylic acids is 2. The summed E-state index contributed by atoms with van der Waals surface area (Å²) in [6.45, 7) is -0.451. The summed E-state index contributed by atoms with van der Waals surface area (Å²) in [6, 6.07) is 7.26. The van der Waals surface area contributed by atoms with Crippen LogP contribution in [0.5, 0.6) is 0 Å². The van der Waals surface area contributed by atoms with E-state index in [1.165, 1.54) is 13.3 Å². The van der Waals surface area contributed by atoms with Crippen LogP contribution in [0.4, 0.5) is 4.39 Å². The molecule has 0 spiro atoms. The summed E-state index contributed by atoms with van der Waals surface area (Å²) in [7, 11) is 1.23. The molecule has 1 aliphatic rings. The molecule has 1 heterocycles. The van der Waals surface area contributed by atoms with Crippen LogP contribution in [0.25, 0.3) is 0 Å². The fourth-order valence-corrected chi connectivity index (χ4v) is 2.51. The van der Waals surface area contributed by atoms with Crippen molar-refractivity contribution in [1.29, 1.82) is 0 Å². The molecule has 6 nitrogen and oxygen atoms in total. The Labute approximate surface area is 136 Å². The van der Waals surface area contributed by atoms with Crippen LogP contribution in [-0.4, -0.2) is 37.0 Å². The molecule has 1 aromatic carbocycles. The maximum atomic E-state index is 12.5. The van der Waals surface area contributed by atoms with Gasteiger partial charge in [0.2, 0.25) is 0 Å². The predicted octanol–water partition coefficient (Wildman–Crippen LogP) is 1.81. The Morgan fingerprint density at radius 3 is 2.96 bits per heavy atom. The van der Waals surface area contributed by atoms with Crippen molar-refractivity contribution in [1.82, 2.24) is 5.32 Å². The van der Waals surface area contributed by atoms with Crippen molar-refractivity contribution >= 4 is 35.0 Å². The number of ether oxygens (including phenoxy) is 1. The van der Waals surface area contributed by atoms with Gasteiger partial charge in [-0.3, -0.25) is 14.5 Å². The Morgan fingerprint density at radius 2 is 2.22 bits per heavy atom. The van der Waals surface area contributed by atoms with Gasteiger partial charge in [0.15, 0.2) is 5.17 Å². The molecule has 8 heteroatoms. The van der Waals surface area contributed by atoms with Gasteiger partial charge in [-0.15, -0.1) is 5.10 Å². The molecule has 0 saturated carbocycles. The Kier molecular flexibility index (Phi) is 6.04. The highest BCUT2D eigenvalue weighted by Crippen LogP contribution is 2.23. The first kappa shape index (κ1) is 16.9. The number of rotatable bonds is 5. The predicted molar refractivity (Wildman–Crippen MR) is 87.0 cm³/mol. The zero-order valence-electron chi connectivity index (χ0n) is 12.3. The molecule has 0 atom stereocenters. The largest absolute Gasteiger partial charge is 0.466 e. The Balaban J connectivity index is 2.08. The first-order chi connectivity index (χ1) is 11.1. The Hall–Kier alpha value is -2.48. The number of methoxy groups -OCH3 is 1. The SMILES string of the molecule is COC(=O)/C=C1/S/C(=N\N=Cc2ccccc2CCF)NC1=O. The lowest BCUT2D eigenvalue weighted by Gasteiger charge is -2.01. The highest BCUT2D eigenvalue weighted by Gasteiger charge is 2.24. The summed E-state index contributed by atoms with van der Waals surface area (Å²) in [5.74, 6) is -1.06. The molecule has 0 aromatic heterocycles. The molecule has 2 rings (SSSR count). The van der Waals surface area contributed by atoms with Gasteiger partial charge in [-0.1, -0.05) is 24.3 Å². The third-order valence-electron chi connectivity index (χ3n) is 2.87. The van der Waals surface area contributed by atoms with Gasteiger partial charge >= 0.3 is 5.97 Å². The average molecular weight is 335 g/mol. The summed E-state index contributed by atoms with van der Waals surface area (Å²) >= 11 is 0.988. The molecule has 23 heavy (non-hydrogen) atoms. The van der Waals surface area contributed by atoms with Crippen molar-refractivity contribution in [2.24, 2.45) is 10.2 Å². The van der Waals surface area contributed by atoms with Crippen molar-refractivity contribution in [2.75, 3.05) is 13.8 Å². The van der Waals surface area contributed by atoms with E-state index in [1.54, 1.807) is 6.07 Å². The number of nitrogens with one attached hydrogen (secondary N) is 1. The minimum absolute atomic E-state index is 0.184. The van der Waals surface area contributed by atoms with E-state index in [2.05, 4.69) is 20.3 Å². The normalized spacial score (nSPS) is 17.9. The topological polar surface area (TPSA) is 80.1 Å². The molecule has 120 valence electrons. The lowest BCUT2D eigenvalue weighted by molar-refractivity contribution is -0.135. The molecule has 1 aliphatic heterocycles. The first-order valence-corrected chi connectivity index (χ1v) is 7.49. The molecule has 0 unspecified atom stereocenters. The molecular weight excluding hydrogens is 321 g/mol. The molecule has 0 aliphatic carbocycles. The number of aryl methyl sites for hydroxylation is 1. The number of amidine groups is 1. The number of amides is 1. The zero-order valence-corrected chi connectivity index (χ0v) is 13.1. The number of halogens is 1. The average Bonchev–Trinajstić information content (AvgIpc) is 2.89. The van der Waals surface area contributed by atoms with Crippen LogP contribution in [0.2, 0.25) is 0 Å². The highest BCUT2D eigenvalue weighted by molar-refractivity contribution is 8.18. The van der Waals surface area contributed by atoms with Crippen LogP contribution in [0.3, 0.4) is 0 Å². The van der Waals surface area contributed by atoms with Gasteiger partial charge in [0.25, 0.3) is 5.91 Å². The van der Waals surface area contributed by atoms with E-state index >= 15 is 0 Å². The minimum atomic E-state index is -0.618. The van der Waals surface area contributed by atoms with Crippen molar-refractivity contribution in [2.45, 2.75) is 6.42 Å². The van der Waals surface area contributed by atoms with Gasteiger partial charge in [0.05, 0.1) is 24.9 Å². The van der Waals surface area contributed by atoms with E-state index in [9.17, 15) is 14.0 Å². The lowest BCUT2D eigenvalue weighted by Crippen LogP contribution is -2.19. The highest BCUT2D eigenvalue weighted by atomic mass is 32.2. The summed E-state index contributed by atoms with van der Waals surface area (Å²) in [4.78, 5) is 22.9. The van der Waals surface area contributed by atoms with Crippen LogP contribution in [0.1, 0.15) is 11.1 Å². The third kappa shape index (κ3) is 4.75. The molecule has 1 N–H and O–H groups in total. The van der Waals surface area contributed by atoms with Gasteiger partial charge in [0.1, 0.15) is 0 Å². The molecule has 1 amide bonds. The summed E-state index contributed by atoms with van der Waals surface area (Å²) < 4.78 is 16.9. The molecular formula is C15H14FN3O3S. The third-order valence-corrected chi connectivity index (χ3v) is 3.77. The van der Waals surface area contributed by atoms with Crippen LogP contribution < -0.4 is 5.32 Å². The quantitative estimate of drug-likeness (QED) is 0.385. The van der Waals surface area contributed by atoms with Crippen LogP contribution in [0.15, 0.2) is 45.4 Å². The maximum Gasteiger partial charge on any atom is 0.331 e. The summed E-state index contributed by atoms with van der Waals surface area (Å²) in [5, 5.41) is 10.5. The van der Waals surface area contributed by atoms with E-state index in [0.29, 0.717) is 6.42 Å². The van der Waals surface area contributed by atoms with E-state index < -0.39 is 18.6 Å². The fraction of sp³-hybridized carbons (Fsp3) is 0.200. The van der Waals surface area contributed by atoms with Crippen LogP contribution >= 0.6 is 11.8 Å². The molecule has 1 saturated heterocycles. The lowest BCUT2D eigenvalue weighted by atomic mass is 10.1. The van der Waals surface area contributed by atoms with Crippen molar-refractivity contribution < 1.29 is 18.7 Å². The molecule has 1 fully saturated rings. The second-order valence-corrected chi connectivity index (χ2v) is 5.41. The molecule has 1 aromatic rings. The van der Waals surface area contributed by atoms with E-state index in [-0.39, 0.29) is 10.1 Å². The van der Waals surface area contributed by atoms with Gasteiger partial charge in [-0.25, -0.2) is 4.79 Å².